The maximum atomic E-state index is 12.1. The molecule has 0 aliphatic heterocycles. The van der Waals surface area contributed by atoms with Gasteiger partial charge in [-0.25, -0.2) is 0 Å². The summed E-state index contributed by atoms with van der Waals surface area (Å²) in [6.07, 6.45) is 0. The number of carbonyl (C=O) groups excluding carboxylic acids is 2. The van der Waals surface area contributed by atoms with Crippen LogP contribution in [0.4, 0.5) is 0 Å². The van der Waals surface area contributed by atoms with Crippen LogP contribution in [0.1, 0.15) is 15.9 Å². The maximum absolute atomic E-state index is 12.1. The van der Waals surface area contributed by atoms with Crippen LogP contribution in [0.5, 0.6) is 5.75 Å². The van der Waals surface area contributed by atoms with Crippen LogP contribution in [0.3, 0.4) is 0 Å². The fraction of sp³-hybridized carbons (Fsp3) is 0.300. The third-order valence-corrected chi connectivity index (χ3v) is 4.66. The molecule has 2 aromatic rings. The van der Waals surface area contributed by atoms with Gasteiger partial charge in [0.15, 0.2) is 0 Å². The van der Waals surface area contributed by atoms with Gasteiger partial charge < -0.3 is 20.3 Å². The first-order valence-electron chi connectivity index (χ1n) is 8.61. The van der Waals surface area contributed by atoms with Crippen molar-refractivity contribution < 1.29 is 14.3 Å². The molecule has 0 heterocycles. The van der Waals surface area contributed by atoms with Gasteiger partial charge in [-0.3, -0.25) is 9.59 Å². The second-order valence-electron chi connectivity index (χ2n) is 6.24. The minimum atomic E-state index is -0.258. The van der Waals surface area contributed by atoms with Crippen LogP contribution in [0.15, 0.2) is 48.5 Å². The normalized spacial score (nSPS) is 10.5. The summed E-state index contributed by atoms with van der Waals surface area (Å²) in [6.45, 7) is 1.75. The van der Waals surface area contributed by atoms with Crippen molar-refractivity contribution in [3.63, 3.8) is 0 Å². The number of likely N-dealkylation sites (N-methyl/N-ethyl adjacent to an activating group) is 1. The number of halogens is 1. The Morgan fingerprint density at radius 2 is 1.85 bits per heavy atom. The van der Waals surface area contributed by atoms with Crippen LogP contribution >= 0.6 is 22.6 Å². The molecular weight excluding hydrogens is 457 g/mol. The second kappa shape index (κ2) is 10.9. The molecule has 6 nitrogen and oxygen atoms in total. The molecule has 0 saturated heterocycles. The molecule has 2 rings (SSSR count). The van der Waals surface area contributed by atoms with Gasteiger partial charge in [0.05, 0.1) is 12.1 Å². The van der Waals surface area contributed by atoms with E-state index in [9.17, 15) is 9.59 Å². The lowest BCUT2D eigenvalue weighted by Crippen LogP contribution is -2.36. The number of nitrogens with one attached hydrogen (secondary N) is 2. The smallest absolute Gasteiger partial charge is 0.252 e. The topological polar surface area (TPSA) is 70.7 Å². The highest BCUT2D eigenvalue weighted by Gasteiger charge is 2.10. The van der Waals surface area contributed by atoms with Gasteiger partial charge >= 0.3 is 0 Å². The lowest BCUT2D eigenvalue weighted by molar-refractivity contribution is -0.120. The Balaban J connectivity index is 1.77. The number of rotatable bonds is 9. The summed E-state index contributed by atoms with van der Waals surface area (Å²) in [6, 6.07) is 14.9. The lowest BCUT2D eigenvalue weighted by Gasteiger charge is -2.12. The Labute approximate surface area is 173 Å². The van der Waals surface area contributed by atoms with Crippen LogP contribution in [-0.2, 0) is 11.3 Å². The standard InChI is InChI=1S/C20H24IN3O3/c1-24(2)10-11-27-16-7-5-6-15(12-16)13-22-19(25)14-23-20(26)17-8-3-4-9-18(17)21/h3-9,12H,10-11,13-14H2,1-2H3,(H,22,25)(H,23,26). The predicted octanol–water partition coefficient (Wildman–Crippen LogP) is 2.28. The van der Waals surface area contributed by atoms with Gasteiger partial charge in [-0.15, -0.1) is 0 Å². The highest BCUT2D eigenvalue weighted by molar-refractivity contribution is 14.1. The molecule has 0 spiro atoms. The van der Waals surface area contributed by atoms with Crippen molar-refractivity contribution in [3.8, 4) is 5.75 Å². The molecule has 2 amide bonds. The Hall–Kier alpha value is -2.13. The molecule has 0 aromatic heterocycles. The molecule has 0 atom stereocenters. The SMILES string of the molecule is CN(C)CCOc1cccc(CNC(=O)CNC(=O)c2ccccc2I)c1. The van der Waals surface area contributed by atoms with E-state index < -0.39 is 0 Å². The van der Waals surface area contributed by atoms with Crippen LogP contribution in [0.25, 0.3) is 0 Å². The summed E-state index contributed by atoms with van der Waals surface area (Å²) in [5, 5.41) is 5.44. The largest absolute Gasteiger partial charge is 0.492 e. The van der Waals surface area contributed by atoms with E-state index in [0.717, 1.165) is 21.4 Å². The minimum absolute atomic E-state index is 0.0666. The second-order valence-corrected chi connectivity index (χ2v) is 7.40. The molecule has 0 bridgehead atoms. The molecule has 0 radical (unpaired) electrons. The zero-order valence-electron chi connectivity index (χ0n) is 15.5. The first-order valence-corrected chi connectivity index (χ1v) is 9.69. The monoisotopic (exact) mass is 481 g/mol. The van der Waals surface area contributed by atoms with E-state index >= 15 is 0 Å². The Kier molecular flexibility index (Phi) is 8.53. The molecule has 2 aromatic carbocycles. The fourth-order valence-electron chi connectivity index (χ4n) is 2.26. The van der Waals surface area contributed by atoms with Gasteiger partial charge in [-0.05, 0) is 66.5 Å². The zero-order valence-corrected chi connectivity index (χ0v) is 17.7. The zero-order chi connectivity index (χ0) is 19.6. The Bertz CT molecular complexity index is 781. The van der Waals surface area contributed by atoms with Gasteiger partial charge in [0.25, 0.3) is 5.91 Å². The van der Waals surface area contributed by atoms with Gasteiger partial charge in [0, 0.05) is 16.7 Å². The highest BCUT2D eigenvalue weighted by atomic mass is 127. The Morgan fingerprint density at radius 1 is 1.07 bits per heavy atom. The maximum Gasteiger partial charge on any atom is 0.252 e. The number of nitrogens with zero attached hydrogens (tertiary/aromatic N) is 1. The molecule has 0 saturated carbocycles. The van der Waals surface area contributed by atoms with E-state index in [0.29, 0.717) is 18.7 Å². The molecule has 0 aliphatic rings. The number of hydrogen-bond donors (Lipinski definition) is 2. The van der Waals surface area contributed by atoms with Crippen LogP contribution in [-0.4, -0.2) is 50.5 Å². The summed E-state index contributed by atoms with van der Waals surface area (Å²) in [4.78, 5) is 26.2. The van der Waals surface area contributed by atoms with Crippen molar-refractivity contribution in [2.45, 2.75) is 6.54 Å². The van der Waals surface area contributed by atoms with Gasteiger partial charge in [-0.1, -0.05) is 24.3 Å². The highest BCUT2D eigenvalue weighted by Crippen LogP contribution is 2.13. The van der Waals surface area contributed by atoms with E-state index in [1.165, 1.54) is 0 Å². The number of hydrogen-bond acceptors (Lipinski definition) is 4. The molecule has 144 valence electrons. The number of ether oxygens (including phenoxy) is 1. The summed E-state index contributed by atoms with van der Waals surface area (Å²) < 4.78 is 6.54. The summed E-state index contributed by atoms with van der Waals surface area (Å²) in [5.41, 5.74) is 1.50. The number of amides is 2. The summed E-state index contributed by atoms with van der Waals surface area (Å²) >= 11 is 2.10. The van der Waals surface area contributed by atoms with E-state index in [-0.39, 0.29) is 18.4 Å². The molecular formula is C20H24IN3O3. The predicted molar refractivity (Wildman–Crippen MR) is 114 cm³/mol. The first-order chi connectivity index (χ1) is 13.0. The molecule has 0 aliphatic carbocycles. The molecule has 2 N–H and O–H groups in total. The Morgan fingerprint density at radius 3 is 2.59 bits per heavy atom. The summed E-state index contributed by atoms with van der Waals surface area (Å²) in [5.74, 6) is 0.273. The van der Waals surface area contributed by atoms with Crippen LogP contribution in [0, 0.1) is 3.57 Å². The fourth-order valence-corrected chi connectivity index (χ4v) is 2.89. The van der Waals surface area contributed by atoms with E-state index in [4.69, 9.17) is 4.74 Å². The van der Waals surface area contributed by atoms with E-state index in [1.54, 1.807) is 12.1 Å². The van der Waals surface area contributed by atoms with Gasteiger partial charge in [-0.2, -0.15) is 0 Å². The third kappa shape index (κ3) is 7.56. The molecule has 0 fully saturated rings. The third-order valence-electron chi connectivity index (χ3n) is 3.72. The average Bonchev–Trinajstić information content (AvgIpc) is 2.65. The van der Waals surface area contributed by atoms with Crippen molar-refractivity contribution >= 4 is 34.4 Å². The number of carbonyl (C=O) groups is 2. The van der Waals surface area contributed by atoms with Crippen LogP contribution in [0.2, 0.25) is 0 Å². The molecule has 0 unspecified atom stereocenters. The van der Waals surface area contributed by atoms with Crippen LogP contribution < -0.4 is 15.4 Å². The van der Waals surface area contributed by atoms with E-state index in [2.05, 4.69) is 38.1 Å². The quantitative estimate of drug-likeness (QED) is 0.540. The van der Waals surface area contributed by atoms with Crippen molar-refractivity contribution in [1.82, 2.24) is 15.5 Å². The lowest BCUT2D eigenvalue weighted by atomic mass is 10.2. The van der Waals surface area contributed by atoms with Gasteiger partial charge in [0.1, 0.15) is 12.4 Å². The minimum Gasteiger partial charge on any atom is -0.492 e. The van der Waals surface area contributed by atoms with E-state index in [1.807, 2.05) is 50.5 Å². The van der Waals surface area contributed by atoms with Gasteiger partial charge in [0.2, 0.25) is 5.91 Å². The number of benzene rings is 2. The van der Waals surface area contributed by atoms with Crippen molar-refractivity contribution in [3.05, 3.63) is 63.2 Å². The average molecular weight is 481 g/mol. The summed E-state index contributed by atoms with van der Waals surface area (Å²) in [7, 11) is 3.99. The van der Waals surface area contributed by atoms with Crippen molar-refractivity contribution in [2.75, 3.05) is 33.8 Å². The molecule has 7 heteroatoms. The first kappa shape index (κ1) is 21.2. The van der Waals surface area contributed by atoms with Crippen molar-refractivity contribution in [2.24, 2.45) is 0 Å². The van der Waals surface area contributed by atoms with Crippen molar-refractivity contribution in [1.29, 1.82) is 0 Å². The molecule has 27 heavy (non-hydrogen) atoms.